The van der Waals surface area contributed by atoms with E-state index in [0.717, 1.165) is 16.7 Å². The van der Waals surface area contributed by atoms with E-state index in [-0.39, 0.29) is 0 Å². The molecule has 0 atom stereocenters. The molecule has 16 heavy (non-hydrogen) atoms. The number of benzene rings is 1. The number of aromatic nitrogens is 2. The Labute approximate surface area is 104 Å². The third kappa shape index (κ3) is 2.05. The molecule has 84 valence electrons. The summed E-state index contributed by atoms with van der Waals surface area (Å²) in [5, 5.41) is 4.54. The van der Waals surface area contributed by atoms with E-state index in [2.05, 4.69) is 64.7 Å². The molecule has 0 saturated carbocycles. The smallest absolute Gasteiger partial charge is 0.0673 e. The van der Waals surface area contributed by atoms with Crippen LogP contribution in [-0.4, -0.2) is 9.78 Å². The molecule has 0 N–H and O–H groups in total. The summed E-state index contributed by atoms with van der Waals surface area (Å²) in [5.41, 5.74) is 4.90. The van der Waals surface area contributed by atoms with Crippen molar-refractivity contribution >= 4 is 15.9 Å². The van der Waals surface area contributed by atoms with Gasteiger partial charge in [0.25, 0.3) is 0 Å². The summed E-state index contributed by atoms with van der Waals surface area (Å²) in [6.07, 6.45) is 0. The molecule has 0 aliphatic rings. The number of nitrogens with zero attached hydrogens (tertiary/aromatic N) is 2. The van der Waals surface area contributed by atoms with E-state index in [4.69, 9.17) is 0 Å². The molecule has 1 heterocycles. The van der Waals surface area contributed by atoms with Crippen molar-refractivity contribution in [2.24, 2.45) is 0 Å². The summed E-state index contributed by atoms with van der Waals surface area (Å²) in [6.45, 7) is 7.11. The molecule has 0 spiro atoms. The van der Waals surface area contributed by atoms with Crippen molar-refractivity contribution in [3.05, 3.63) is 51.3 Å². The van der Waals surface area contributed by atoms with Gasteiger partial charge in [0.05, 0.1) is 12.2 Å². The molecule has 0 unspecified atom stereocenters. The van der Waals surface area contributed by atoms with Gasteiger partial charge in [-0.3, -0.25) is 4.68 Å². The second-order valence-electron chi connectivity index (χ2n) is 4.04. The molecule has 2 nitrogen and oxygen atoms in total. The van der Waals surface area contributed by atoms with Crippen LogP contribution in [0.3, 0.4) is 0 Å². The third-order valence-corrected chi connectivity index (χ3v) is 3.79. The van der Waals surface area contributed by atoms with Gasteiger partial charge in [0, 0.05) is 10.2 Å². The van der Waals surface area contributed by atoms with Gasteiger partial charge in [-0.25, -0.2) is 0 Å². The lowest BCUT2D eigenvalue weighted by Crippen LogP contribution is -2.04. The van der Waals surface area contributed by atoms with Gasteiger partial charge in [-0.15, -0.1) is 0 Å². The maximum atomic E-state index is 4.54. The second kappa shape index (κ2) is 4.42. The average Bonchev–Trinajstić information content (AvgIpc) is 2.50. The van der Waals surface area contributed by atoms with Crippen molar-refractivity contribution in [2.75, 3.05) is 0 Å². The van der Waals surface area contributed by atoms with E-state index >= 15 is 0 Å². The van der Waals surface area contributed by atoms with E-state index in [9.17, 15) is 0 Å². The Kier molecular flexibility index (Phi) is 3.15. The lowest BCUT2D eigenvalue weighted by atomic mass is 10.2. The van der Waals surface area contributed by atoms with Crippen LogP contribution in [0.2, 0.25) is 0 Å². The van der Waals surface area contributed by atoms with Crippen LogP contribution in [0.5, 0.6) is 0 Å². The topological polar surface area (TPSA) is 17.8 Å². The zero-order valence-electron chi connectivity index (χ0n) is 9.79. The normalized spacial score (nSPS) is 10.8. The molecule has 1 aromatic carbocycles. The predicted molar refractivity (Wildman–Crippen MR) is 69.7 cm³/mol. The quantitative estimate of drug-likeness (QED) is 0.821. The van der Waals surface area contributed by atoms with Crippen molar-refractivity contribution in [1.29, 1.82) is 0 Å². The second-order valence-corrected chi connectivity index (χ2v) is 4.90. The molecular weight excluding hydrogens is 264 g/mol. The summed E-state index contributed by atoms with van der Waals surface area (Å²) >= 11 is 3.56. The van der Waals surface area contributed by atoms with E-state index in [1.165, 1.54) is 16.8 Å². The molecule has 3 heteroatoms. The standard InChI is InChI=1S/C13H15BrN2/c1-9-10(2)15-16(11(9)3)8-12-6-4-5-7-13(12)14/h4-7H,8H2,1-3H3. The van der Waals surface area contributed by atoms with E-state index < -0.39 is 0 Å². The van der Waals surface area contributed by atoms with Crippen LogP contribution in [-0.2, 0) is 6.54 Å². The Morgan fingerprint density at radius 1 is 1.19 bits per heavy atom. The molecule has 2 aromatic rings. The minimum absolute atomic E-state index is 0.821. The van der Waals surface area contributed by atoms with Gasteiger partial charge in [-0.05, 0) is 38.0 Å². The molecule has 0 radical (unpaired) electrons. The zero-order chi connectivity index (χ0) is 11.7. The largest absolute Gasteiger partial charge is 0.265 e. The van der Waals surface area contributed by atoms with Crippen LogP contribution in [0.1, 0.15) is 22.5 Å². The fourth-order valence-electron chi connectivity index (χ4n) is 1.73. The SMILES string of the molecule is Cc1nn(Cc2ccccc2Br)c(C)c1C. The number of hydrogen-bond donors (Lipinski definition) is 0. The van der Waals surface area contributed by atoms with Crippen molar-refractivity contribution in [1.82, 2.24) is 9.78 Å². The molecule has 0 saturated heterocycles. The van der Waals surface area contributed by atoms with Gasteiger partial charge in [-0.2, -0.15) is 5.10 Å². The van der Waals surface area contributed by atoms with Crippen molar-refractivity contribution < 1.29 is 0 Å². The van der Waals surface area contributed by atoms with Crippen LogP contribution in [0.25, 0.3) is 0 Å². The maximum absolute atomic E-state index is 4.54. The first-order valence-electron chi connectivity index (χ1n) is 5.33. The van der Waals surface area contributed by atoms with E-state index in [1.807, 2.05) is 6.07 Å². The van der Waals surface area contributed by atoms with Gasteiger partial charge >= 0.3 is 0 Å². The van der Waals surface area contributed by atoms with Crippen LogP contribution in [0, 0.1) is 20.8 Å². The first kappa shape index (κ1) is 11.4. The van der Waals surface area contributed by atoms with Crippen molar-refractivity contribution in [3.63, 3.8) is 0 Å². The minimum atomic E-state index is 0.821. The Balaban J connectivity index is 2.34. The first-order valence-corrected chi connectivity index (χ1v) is 6.13. The Hall–Kier alpha value is -1.09. The lowest BCUT2D eigenvalue weighted by Gasteiger charge is -2.06. The maximum Gasteiger partial charge on any atom is 0.0673 e. The van der Waals surface area contributed by atoms with Crippen molar-refractivity contribution in [2.45, 2.75) is 27.3 Å². The first-order chi connectivity index (χ1) is 7.59. The highest BCUT2D eigenvalue weighted by Gasteiger charge is 2.08. The molecule has 0 bridgehead atoms. The Bertz CT molecular complexity index is 515. The molecule has 0 aliphatic carbocycles. The number of aryl methyl sites for hydroxylation is 1. The predicted octanol–water partition coefficient (Wildman–Crippen LogP) is 3.62. The van der Waals surface area contributed by atoms with Gasteiger partial charge in [0.1, 0.15) is 0 Å². The highest BCUT2D eigenvalue weighted by molar-refractivity contribution is 9.10. The number of hydrogen-bond acceptors (Lipinski definition) is 1. The monoisotopic (exact) mass is 278 g/mol. The van der Waals surface area contributed by atoms with Gasteiger partial charge in [0.2, 0.25) is 0 Å². The molecule has 0 amide bonds. The molecular formula is C13H15BrN2. The molecule has 2 rings (SSSR count). The van der Waals surface area contributed by atoms with E-state index in [1.54, 1.807) is 0 Å². The highest BCUT2D eigenvalue weighted by atomic mass is 79.9. The number of halogens is 1. The highest BCUT2D eigenvalue weighted by Crippen LogP contribution is 2.19. The lowest BCUT2D eigenvalue weighted by molar-refractivity contribution is 0.657. The van der Waals surface area contributed by atoms with Crippen LogP contribution in [0.4, 0.5) is 0 Å². The third-order valence-electron chi connectivity index (χ3n) is 3.02. The van der Waals surface area contributed by atoms with Gasteiger partial charge in [-0.1, -0.05) is 34.1 Å². The fraction of sp³-hybridized carbons (Fsp3) is 0.308. The van der Waals surface area contributed by atoms with Crippen LogP contribution in [0.15, 0.2) is 28.7 Å². The summed E-state index contributed by atoms with van der Waals surface area (Å²) in [7, 11) is 0. The summed E-state index contributed by atoms with van der Waals surface area (Å²) in [5.74, 6) is 0. The summed E-state index contributed by atoms with van der Waals surface area (Å²) < 4.78 is 3.20. The average molecular weight is 279 g/mol. The Morgan fingerprint density at radius 2 is 1.88 bits per heavy atom. The summed E-state index contributed by atoms with van der Waals surface area (Å²) in [6, 6.07) is 8.27. The number of rotatable bonds is 2. The van der Waals surface area contributed by atoms with Crippen LogP contribution < -0.4 is 0 Å². The molecule has 0 fully saturated rings. The Morgan fingerprint density at radius 3 is 2.44 bits per heavy atom. The van der Waals surface area contributed by atoms with Gasteiger partial charge in [0.15, 0.2) is 0 Å². The minimum Gasteiger partial charge on any atom is -0.265 e. The van der Waals surface area contributed by atoms with E-state index in [0.29, 0.717) is 0 Å². The molecule has 0 aliphatic heterocycles. The van der Waals surface area contributed by atoms with Crippen molar-refractivity contribution in [3.8, 4) is 0 Å². The molecule has 1 aromatic heterocycles. The fourth-order valence-corrected chi connectivity index (χ4v) is 2.14. The zero-order valence-corrected chi connectivity index (χ0v) is 11.4. The van der Waals surface area contributed by atoms with Crippen LogP contribution >= 0.6 is 15.9 Å². The summed E-state index contributed by atoms with van der Waals surface area (Å²) in [4.78, 5) is 0. The van der Waals surface area contributed by atoms with Gasteiger partial charge < -0.3 is 0 Å².